The number of hydrogen-bond acceptors (Lipinski definition) is 4. The number of ether oxygens (including phenoxy) is 1. The van der Waals surface area contributed by atoms with Crippen molar-refractivity contribution in [1.82, 2.24) is 0 Å². The van der Waals surface area contributed by atoms with Gasteiger partial charge in [0.1, 0.15) is 5.75 Å². The molecule has 0 unspecified atom stereocenters. The summed E-state index contributed by atoms with van der Waals surface area (Å²) < 4.78 is 5.12. The van der Waals surface area contributed by atoms with E-state index in [1.165, 1.54) is 0 Å². The number of nitrogens with two attached hydrogens (primary N) is 2. The van der Waals surface area contributed by atoms with E-state index in [9.17, 15) is 4.79 Å². The summed E-state index contributed by atoms with van der Waals surface area (Å²) in [6.45, 7) is 3.35. The molecule has 0 bridgehead atoms. The first-order valence-corrected chi connectivity index (χ1v) is 5.04. The van der Waals surface area contributed by atoms with Crippen LogP contribution in [-0.4, -0.2) is 5.97 Å². The van der Waals surface area contributed by atoms with Crippen molar-refractivity contribution in [2.24, 2.45) is 0 Å². The first-order chi connectivity index (χ1) is 8.13. The van der Waals surface area contributed by atoms with E-state index in [2.05, 4.69) is 6.58 Å². The molecule has 0 radical (unpaired) electrons. The van der Waals surface area contributed by atoms with E-state index in [1.807, 2.05) is 24.3 Å². The van der Waals surface area contributed by atoms with Crippen molar-refractivity contribution in [2.45, 2.75) is 0 Å². The van der Waals surface area contributed by atoms with Gasteiger partial charge in [0.25, 0.3) is 0 Å². The molecule has 0 aliphatic heterocycles. The highest BCUT2D eigenvalue weighted by molar-refractivity contribution is 6.03. The SMILES string of the molecule is C=CC(=O)Oc1cc(N)c(N)c2ccccc12. The monoisotopic (exact) mass is 228 g/mol. The quantitative estimate of drug-likeness (QED) is 0.357. The summed E-state index contributed by atoms with van der Waals surface area (Å²) in [5.41, 5.74) is 12.5. The Morgan fingerprint density at radius 1 is 1.24 bits per heavy atom. The predicted molar refractivity (Wildman–Crippen MR) is 68.6 cm³/mol. The average Bonchev–Trinajstić information content (AvgIpc) is 2.35. The average molecular weight is 228 g/mol. The molecule has 0 aliphatic carbocycles. The molecule has 0 saturated carbocycles. The molecule has 0 aromatic heterocycles. The maximum absolute atomic E-state index is 11.2. The van der Waals surface area contributed by atoms with Gasteiger partial charge in [-0.3, -0.25) is 0 Å². The van der Waals surface area contributed by atoms with Gasteiger partial charge in [-0.05, 0) is 0 Å². The Kier molecular flexibility index (Phi) is 2.70. The molecule has 0 spiro atoms. The predicted octanol–water partition coefficient (Wildman–Crippen LogP) is 2.10. The van der Waals surface area contributed by atoms with Gasteiger partial charge in [-0.15, -0.1) is 0 Å². The zero-order valence-corrected chi connectivity index (χ0v) is 9.14. The molecule has 2 aromatic carbocycles. The third kappa shape index (κ3) is 1.92. The molecule has 4 N–H and O–H groups in total. The second kappa shape index (κ2) is 4.17. The minimum atomic E-state index is -0.528. The smallest absolute Gasteiger partial charge is 0.335 e. The number of carbonyl (C=O) groups excluding carboxylic acids is 1. The van der Waals surface area contributed by atoms with Crippen molar-refractivity contribution in [3.63, 3.8) is 0 Å². The van der Waals surface area contributed by atoms with Gasteiger partial charge in [-0.1, -0.05) is 30.8 Å². The Hall–Kier alpha value is -2.49. The Labute approximate surface area is 98.5 Å². The normalized spacial score (nSPS) is 10.1. The number of hydrogen-bond donors (Lipinski definition) is 2. The van der Waals surface area contributed by atoms with E-state index in [4.69, 9.17) is 16.2 Å². The Morgan fingerprint density at radius 3 is 2.53 bits per heavy atom. The Balaban J connectivity index is 2.67. The van der Waals surface area contributed by atoms with Crippen LogP contribution in [0.3, 0.4) is 0 Å². The maximum Gasteiger partial charge on any atom is 0.335 e. The molecular weight excluding hydrogens is 216 g/mol. The zero-order valence-electron chi connectivity index (χ0n) is 9.14. The molecule has 0 atom stereocenters. The highest BCUT2D eigenvalue weighted by atomic mass is 16.5. The van der Waals surface area contributed by atoms with E-state index in [0.717, 1.165) is 16.8 Å². The number of anilines is 2. The lowest BCUT2D eigenvalue weighted by atomic mass is 10.1. The van der Waals surface area contributed by atoms with E-state index in [-0.39, 0.29) is 0 Å². The van der Waals surface area contributed by atoms with Crippen molar-refractivity contribution >= 4 is 28.1 Å². The van der Waals surface area contributed by atoms with E-state index < -0.39 is 5.97 Å². The largest absolute Gasteiger partial charge is 0.423 e. The minimum absolute atomic E-state index is 0.385. The van der Waals surface area contributed by atoms with Crippen molar-refractivity contribution < 1.29 is 9.53 Å². The molecule has 0 saturated heterocycles. The van der Waals surface area contributed by atoms with Gasteiger partial charge in [-0.2, -0.15) is 0 Å². The summed E-state index contributed by atoms with van der Waals surface area (Å²) in [6.07, 6.45) is 1.10. The van der Waals surface area contributed by atoms with Crippen LogP contribution in [-0.2, 0) is 4.79 Å². The highest BCUT2D eigenvalue weighted by Gasteiger charge is 2.10. The van der Waals surface area contributed by atoms with Crippen molar-refractivity contribution in [1.29, 1.82) is 0 Å². The summed E-state index contributed by atoms with van der Waals surface area (Å²) in [5.74, 6) is -0.142. The number of fused-ring (bicyclic) bond motifs is 1. The lowest BCUT2D eigenvalue weighted by Crippen LogP contribution is -2.05. The molecule has 0 aliphatic rings. The first kappa shape index (κ1) is 11.0. The standard InChI is InChI=1S/C13H12N2O2/c1-2-12(16)17-11-7-10(14)13(15)9-6-4-3-5-8(9)11/h2-7H,1,14-15H2. The van der Waals surface area contributed by atoms with E-state index in [0.29, 0.717) is 17.1 Å². The second-order valence-electron chi connectivity index (χ2n) is 3.55. The summed E-state index contributed by atoms with van der Waals surface area (Å²) in [4.78, 5) is 11.2. The van der Waals surface area contributed by atoms with Gasteiger partial charge in [0.05, 0.1) is 11.4 Å². The van der Waals surface area contributed by atoms with E-state index in [1.54, 1.807) is 6.07 Å². The molecule has 86 valence electrons. The molecule has 2 aromatic rings. The lowest BCUT2D eigenvalue weighted by Gasteiger charge is -2.10. The Bertz CT molecular complexity index is 606. The van der Waals surface area contributed by atoms with Crippen LogP contribution in [0.25, 0.3) is 10.8 Å². The van der Waals surface area contributed by atoms with Gasteiger partial charge in [0, 0.05) is 22.9 Å². The fourth-order valence-electron chi connectivity index (χ4n) is 1.62. The summed E-state index contributed by atoms with van der Waals surface area (Å²) in [6, 6.07) is 8.86. The summed E-state index contributed by atoms with van der Waals surface area (Å²) in [7, 11) is 0. The van der Waals surface area contributed by atoms with Crippen molar-refractivity contribution in [3.05, 3.63) is 43.0 Å². The molecule has 0 amide bonds. The molecule has 17 heavy (non-hydrogen) atoms. The zero-order chi connectivity index (χ0) is 12.4. The van der Waals surface area contributed by atoms with Crippen molar-refractivity contribution in [2.75, 3.05) is 11.5 Å². The molecule has 0 heterocycles. The molecule has 2 rings (SSSR count). The van der Waals surface area contributed by atoms with Crippen LogP contribution in [0.5, 0.6) is 5.75 Å². The fourth-order valence-corrected chi connectivity index (χ4v) is 1.62. The summed E-state index contributed by atoms with van der Waals surface area (Å²) in [5, 5.41) is 1.51. The molecule has 4 nitrogen and oxygen atoms in total. The van der Waals surface area contributed by atoms with Crippen LogP contribution in [0.15, 0.2) is 43.0 Å². The van der Waals surface area contributed by atoms with E-state index >= 15 is 0 Å². The highest BCUT2D eigenvalue weighted by Crippen LogP contribution is 2.34. The lowest BCUT2D eigenvalue weighted by molar-refractivity contribution is -0.128. The number of rotatable bonds is 2. The Morgan fingerprint density at radius 2 is 1.88 bits per heavy atom. The van der Waals surface area contributed by atoms with Crippen LogP contribution in [0.4, 0.5) is 11.4 Å². The van der Waals surface area contributed by atoms with Crippen LogP contribution < -0.4 is 16.2 Å². The number of nitrogen functional groups attached to an aromatic ring is 2. The molecule has 0 fully saturated rings. The van der Waals surface area contributed by atoms with Crippen LogP contribution in [0, 0.1) is 0 Å². The van der Waals surface area contributed by atoms with Gasteiger partial charge >= 0.3 is 5.97 Å². The number of carbonyl (C=O) groups is 1. The van der Waals surface area contributed by atoms with Gasteiger partial charge in [0.2, 0.25) is 0 Å². The number of benzene rings is 2. The topological polar surface area (TPSA) is 78.3 Å². The van der Waals surface area contributed by atoms with Gasteiger partial charge < -0.3 is 16.2 Å². The summed E-state index contributed by atoms with van der Waals surface area (Å²) >= 11 is 0. The third-order valence-corrected chi connectivity index (χ3v) is 2.46. The second-order valence-corrected chi connectivity index (χ2v) is 3.55. The third-order valence-electron chi connectivity index (χ3n) is 2.46. The maximum atomic E-state index is 11.2. The molecule has 4 heteroatoms. The minimum Gasteiger partial charge on any atom is -0.423 e. The first-order valence-electron chi connectivity index (χ1n) is 5.04. The van der Waals surface area contributed by atoms with Gasteiger partial charge in [-0.25, -0.2) is 4.79 Å². The van der Waals surface area contributed by atoms with Crippen molar-refractivity contribution in [3.8, 4) is 5.75 Å². The molecular formula is C13H12N2O2. The number of esters is 1. The fraction of sp³-hybridized carbons (Fsp3) is 0. The van der Waals surface area contributed by atoms with Crippen LogP contribution in [0.2, 0.25) is 0 Å². The van der Waals surface area contributed by atoms with Gasteiger partial charge in [0.15, 0.2) is 0 Å². The van der Waals surface area contributed by atoms with Crippen LogP contribution in [0.1, 0.15) is 0 Å². The van der Waals surface area contributed by atoms with Crippen LogP contribution >= 0.6 is 0 Å².